The van der Waals surface area contributed by atoms with Gasteiger partial charge in [0.15, 0.2) is 11.4 Å². The van der Waals surface area contributed by atoms with E-state index in [4.69, 9.17) is 4.74 Å². The number of halogens is 1. The zero-order valence-corrected chi connectivity index (χ0v) is 18.5. The van der Waals surface area contributed by atoms with Crippen LogP contribution in [0.25, 0.3) is 0 Å². The fourth-order valence-corrected chi connectivity index (χ4v) is 7.94. The molecule has 0 radical (unpaired) electrons. The quantitative estimate of drug-likeness (QED) is 0.663. The van der Waals surface area contributed by atoms with Crippen molar-refractivity contribution < 1.29 is 33.7 Å². The van der Waals surface area contributed by atoms with E-state index in [-0.39, 0.29) is 30.1 Å². The van der Waals surface area contributed by atoms with Crippen LogP contribution in [0.1, 0.15) is 53.4 Å². The molecule has 0 amide bonds. The van der Waals surface area contributed by atoms with Gasteiger partial charge in [-0.05, 0) is 49.2 Å². The van der Waals surface area contributed by atoms with Crippen molar-refractivity contribution in [2.24, 2.45) is 34.5 Å². The number of hydrogen-bond donors (Lipinski definition) is 2. The summed E-state index contributed by atoms with van der Waals surface area (Å²) in [7, 11) is 0. The molecule has 4 aliphatic rings. The van der Waals surface area contributed by atoms with Crippen LogP contribution in [0.5, 0.6) is 0 Å². The Morgan fingerprint density at radius 3 is 2.61 bits per heavy atom. The van der Waals surface area contributed by atoms with Crippen molar-refractivity contribution in [3.63, 3.8) is 0 Å². The number of rotatable bonds is 3. The summed E-state index contributed by atoms with van der Waals surface area (Å²) in [4.78, 5) is 37.0. The first-order valence-electron chi connectivity index (χ1n) is 11.1. The van der Waals surface area contributed by atoms with Crippen LogP contribution in [0.3, 0.4) is 0 Å². The average molecular weight is 435 g/mol. The van der Waals surface area contributed by atoms with Gasteiger partial charge in [0.1, 0.15) is 6.61 Å². The Bertz CT molecular complexity index is 908. The van der Waals surface area contributed by atoms with Crippen LogP contribution in [0, 0.1) is 34.5 Å². The van der Waals surface area contributed by atoms with E-state index in [0.29, 0.717) is 24.8 Å². The van der Waals surface area contributed by atoms with Crippen LogP contribution < -0.4 is 0 Å². The molecule has 0 aliphatic heterocycles. The average Bonchev–Trinajstić information content (AvgIpc) is 2.91. The summed E-state index contributed by atoms with van der Waals surface area (Å²) in [5.41, 5.74) is -2.70. The Morgan fingerprint density at radius 2 is 2.00 bits per heavy atom. The number of hydrogen-bond acceptors (Lipinski definition) is 6. The van der Waals surface area contributed by atoms with Gasteiger partial charge in [-0.3, -0.25) is 14.4 Å². The van der Waals surface area contributed by atoms with Gasteiger partial charge < -0.3 is 14.9 Å². The lowest BCUT2D eigenvalue weighted by Gasteiger charge is -2.59. The Labute approximate surface area is 181 Å². The molecule has 0 aromatic rings. The van der Waals surface area contributed by atoms with Crippen molar-refractivity contribution in [2.75, 3.05) is 6.61 Å². The first-order valence-corrected chi connectivity index (χ1v) is 11.1. The molecule has 7 heteroatoms. The molecule has 0 heterocycles. The zero-order valence-electron chi connectivity index (χ0n) is 18.5. The molecule has 0 unspecified atom stereocenters. The van der Waals surface area contributed by atoms with Crippen molar-refractivity contribution in [3.8, 4) is 0 Å². The van der Waals surface area contributed by atoms with Gasteiger partial charge in [0.2, 0.25) is 11.6 Å². The summed E-state index contributed by atoms with van der Waals surface area (Å²) in [6, 6.07) is 0. The number of ketones is 2. The van der Waals surface area contributed by atoms with Crippen molar-refractivity contribution in [2.45, 2.75) is 65.1 Å². The molecule has 0 spiro atoms. The minimum atomic E-state index is -1.51. The van der Waals surface area contributed by atoms with Gasteiger partial charge in [-0.25, -0.2) is 4.39 Å². The molecule has 4 aliphatic carbocycles. The van der Waals surface area contributed by atoms with Crippen LogP contribution in [0.15, 0.2) is 23.6 Å². The van der Waals surface area contributed by atoms with E-state index in [1.54, 1.807) is 6.08 Å². The molecule has 6 nitrogen and oxygen atoms in total. The number of fused-ring (bicyclic) bond motifs is 5. The number of carbonyl (C=O) groups is 3. The van der Waals surface area contributed by atoms with Crippen molar-refractivity contribution in [1.29, 1.82) is 0 Å². The number of aliphatic hydroxyl groups is 2. The standard InChI is InChI=1S/C24H31FO6/c1-12-9-16-14-5-6-15-21(25)17(28)7-8-22(15,3)20(14)18(29)10-23(16,4)24(12,19(30)11-26)31-13(2)27/h7-8,12,14,16,18,20,26,29H,5-6,9-11H2,1-4H3/t12-,14-,16-,18-,20+,22-,23-,24+/m0/s1. The Morgan fingerprint density at radius 1 is 1.32 bits per heavy atom. The van der Waals surface area contributed by atoms with E-state index >= 15 is 0 Å². The molecule has 3 saturated carbocycles. The Kier molecular flexibility index (Phi) is 5.10. The second-order valence-electron chi connectivity index (χ2n) is 10.3. The smallest absolute Gasteiger partial charge is 0.303 e. The third-order valence-corrected chi connectivity index (χ3v) is 8.99. The number of Topliss-reactive ketones (excluding diaryl/α,β-unsaturated/α-hetero) is 1. The second kappa shape index (κ2) is 7.07. The molecule has 0 aromatic carbocycles. The van der Waals surface area contributed by atoms with Crippen LogP contribution in [0.4, 0.5) is 4.39 Å². The maximum atomic E-state index is 14.7. The molecule has 8 atom stereocenters. The number of aliphatic hydroxyl groups excluding tert-OH is 2. The Hall–Kier alpha value is -1.86. The summed E-state index contributed by atoms with van der Waals surface area (Å²) in [5.74, 6) is -3.22. The Balaban J connectivity index is 1.82. The van der Waals surface area contributed by atoms with Crippen LogP contribution in [-0.4, -0.2) is 46.1 Å². The van der Waals surface area contributed by atoms with Gasteiger partial charge >= 0.3 is 5.97 Å². The number of esters is 1. The minimum Gasteiger partial charge on any atom is -0.450 e. The van der Waals surface area contributed by atoms with Gasteiger partial charge in [-0.1, -0.05) is 26.8 Å². The van der Waals surface area contributed by atoms with E-state index in [2.05, 4.69) is 0 Å². The maximum absolute atomic E-state index is 14.7. The highest BCUT2D eigenvalue weighted by Crippen LogP contribution is 2.69. The van der Waals surface area contributed by atoms with E-state index in [1.165, 1.54) is 13.0 Å². The van der Waals surface area contributed by atoms with Gasteiger partial charge in [0, 0.05) is 29.6 Å². The van der Waals surface area contributed by atoms with Crippen LogP contribution in [-0.2, 0) is 19.1 Å². The monoisotopic (exact) mass is 434 g/mol. The van der Waals surface area contributed by atoms with Crippen LogP contribution in [0.2, 0.25) is 0 Å². The first kappa shape index (κ1) is 22.3. The summed E-state index contributed by atoms with van der Waals surface area (Å²) in [6.45, 7) is 6.12. The third-order valence-electron chi connectivity index (χ3n) is 8.99. The molecule has 170 valence electrons. The fraction of sp³-hybridized carbons (Fsp3) is 0.708. The minimum absolute atomic E-state index is 0.0421. The summed E-state index contributed by atoms with van der Waals surface area (Å²) < 4.78 is 20.5. The van der Waals surface area contributed by atoms with Crippen molar-refractivity contribution in [1.82, 2.24) is 0 Å². The lowest BCUT2D eigenvalue weighted by Crippen LogP contribution is -2.64. The highest BCUT2D eigenvalue weighted by atomic mass is 19.1. The van der Waals surface area contributed by atoms with Crippen molar-refractivity contribution in [3.05, 3.63) is 23.6 Å². The summed E-state index contributed by atoms with van der Waals surface area (Å²) in [5, 5.41) is 21.2. The maximum Gasteiger partial charge on any atom is 0.303 e. The normalized spacial score (nSPS) is 46.3. The van der Waals surface area contributed by atoms with E-state index < -0.39 is 52.5 Å². The van der Waals surface area contributed by atoms with Crippen LogP contribution >= 0.6 is 0 Å². The first-order chi connectivity index (χ1) is 14.4. The number of allylic oxidation sites excluding steroid dienone is 4. The predicted molar refractivity (Wildman–Crippen MR) is 109 cm³/mol. The van der Waals surface area contributed by atoms with E-state index in [1.807, 2.05) is 20.8 Å². The zero-order chi connectivity index (χ0) is 22.9. The van der Waals surface area contributed by atoms with E-state index in [0.717, 1.165) is 0 Å². The fourth-order valence-electron chi connectivity index (χ4n) is 7.94. The van der Waals surface area contributed by atoms with Gasteiger partial charge in [0.05, 0.1) is 6.10 Å². The molecule has 0 bridgehead atoms. The topological polar surface area (TPSA) is 101 Å². The molecule has 0 saturated heterocycles. The van der Waals surface area contributed by atoms with E-state index in [9.17, 15) is 29.0 Å². The van der Waals surface area contributed by atoms with Gasteiger partial charge in [-0.2, -0.15) is 0 Å². The predicted octanol–water partition coefficient (Wildman–Crippen LogP) is 2.67. The molecule has 0 aromatic heterocycles. The van der Waals surface area contributed by atoms with Crippen molar-refractivity contribution >= 4 is 17.5 Å². The lowest BCUT2D eigenvalue weighted by molar-refractivity contribution is -0.204. The highest BCUT2D eigenvalue weighted by Gasteiger charge is 2.72. The summed E-state index contributed by atoms with van der Waals surface area (Å²) >= 11 is 0. The molecule has 31 heavy (non-hydrogen) atoms. The molecule has 2 N–H and O–H groups in total. The number of ether oxygens (including phenoxy) is 1. The van der Waals surface area contributed by atoms with Gasteiger partial charge in [0.25, 0.3) is 0 Å². The number of carbonyl (C=O) groups excluding carboxylic acids is 3. The summed E-state index contributed by atoms with van der Waals surface area (Å²) in [6.07, 6.45) is 3.88. The lowest BCUT2D eigenvalue weighted by atomic mass is 9.46. The molecular weight excluding hydrogens is 403 g/mol. The molecule has 3 fully saturated rings. The van der Waals surface area contributed by atoms with Gasteiger partial charge in [-0.15, -0.1) is 0 Å². The SMILES string of the molecule is CC(=O)O[C@@]1(C(=O)CO)[C@@H](C)C[C@H]2[C@@H]3CCC4=C(F)C(=O)C=C[C@]4(C)[C@H]3[C@@H](O)C[C@@]21C. The third kappa shape index (κ3) is 2.72. The molecular formula is C24H31FO6. The second-order valence-corrected chi connectivity index (χ2v) is 10.3. The largest absolute Gasteiger partial charge is 0.450 e. The highest BCUT2D eigenvalue weighted by molar-refractivity contribution is 6.04. The molecule has 4 rings (SSSR count).